The second-order valence-electron chi connectivity index (χ2n) is 7.34. The molecule has 4 aromatic rings. The van der Waals surface area contributed by atoms with Crippen molar-refractivity contribution in [2.75, 3.05) is 17.7 Å². The van der Waals surface area contributed by atoms with Crippen molar-refractivity contribution in [1.82, 2.24) is 9.97 Å². The Labute approximate surface area is 215 Å². The minimum atomic E-state index is -0.377. The van der Waals surface area contributed by atoms with E-state index >= 15 is 0 Å². The maximum atomic E-state index is 13.3. The van der Waals surface area contributed by atoms with Gasteiger partial charge in [0.15, 0.2) is 0 Å². The van der Waals surface area contributed by atoms with E-state index < -0.39 is 0 Å². The molecule has 4 rings (SSSR count). The number of anilines is 2. The largest absolute Gasteiger partial charge is 0.377 e. The molecule has 1 heterocycles. The third-order valence-corrected chi connectivity index (χ3v) is 6.15. The first-order valence-corrected chi connectivity index (χ1v) is 11.2. The van der Waals surface area contributed by atoms with E-state index in [1.807, 2.05) is 13.0 Å². The number of methoxy groups -OCH3 is 1. The normalized spacial score (nSPS) is 10.6. The number of nitrogens with zero attached hydrogens (tertiary/aromatic N) is 1. The molecule has 0 atom stereocenters. The quantitative estimate of drug-likeness (QED) is 0.254. The Kier molecular flexibility index (Phi) is 8.33. The smallest absolute Gasteiger partial charge is 0.258 e. The molecule has 0 bridgehead atoms. The summed E-state index contributed by atoms with van der Waals surface area (Å²) in [5.74, 6) is -0.122. The molecule has 0 saturated heterocycles. The Morgan fingerprint density at radius 2 is 1.79 bits per heavy atom. The zero-order chi connectivity index (χ0) is 23.5. The van der Waals surface area contributed by atoms with E-state index in [-0.39, 0.29) is 30.8 Å². The second-order valence-corrected chi connectivity index (χ2v) is 8.60. The summed E-state index contributed by atoms with van der Waals surface area (Å²) in [6.07, 6.45) is 0. The van der Waals surface area contributed by atoms with Crippen LogP contribution in [0.25, 0.3) is 11.0 Å². The summed E-state index contributed by atoms with van der Waals surface area (Å²) in [6.45, 7) is 2.08. The molecule has 0 aliphatic carbocycles. The highest BCUT2D eigenvalue weighted by Crippen LogP contribution is 2.27. The van der Waals surface area contributed by atoms with Gasteiger partial charge >= 0.3 is 0 Å². The van der Waals surface area contributed by atoms with Crippen LogP contribution in [0.3, 0.4) is 0 Å². The van der Waals surface area contributed by atoms with Gasteiger partial charge < -0.3 is 20.4 Å². The van der Waals surface area contributed by atoms with Gasteiger partial charge in [-0.1, -0.05) is 29.8 Å². The van der Waals surface area contributed by atoms with Crippen LogP contribution in [0.1, 0.15) is 32.1 Å². The Morgan fingerprint density at radius 3 is 2.53 bits per heavy atom. The van der Waals surface area contributed by atoms with Crippen LogP contribution < -0.4 is 10.6 Å². The van der Waals surface area contributed by atoms with Gasteiger partial charge in [-0.25, -0.2) is 4.98 Å². The monoisotopic (exact) mass is 562 g/mol. The predicted octanol–water partition coefficient (Wildman–Crippen LogP) is 6.36. The molecule has 10 heteroatoms. The number of fused-ring (bicyclic) bond motifs is 1. The summed E-state index contributed by atoms with van der Waals surface area (Å²) >= 11 is 9.59. The van der Waals surface area contributed by atoms with Gasteiger partial charge in [-0.3, -0.25) is 9.59 Å². The molecule has 7 nitrogen and oxygen atoms in total. The Bertz CT molecular complexity index is 1370. The number of H-pyrrole nitrogens is 1. The van der Waals surface area contributed by atoms with Gasteiger partial charge in [0.25, 0.3) is 11.8 Å². The van der Waals surface area contributed by atoms with Crippen molar-refractivity contribution in [2.24, 2.45) is 0 Å². The number of aromatic nitrogens is 2. The van der Waals surface area contributed by atoms with Gasteiger partial charge in [0.2, 0.25) is 0 Å². The minimum Gasteiger partial charge on any atom is -0.377 e. The number of rotatable bonds is 6. The molecular formula is C24H21BrCl2N4O3. The number of hydrogen-bond acceptors (Lipinski definition) is 4. The molecule has 0 radical (unpaired) electrons. The summed E-state index contributed by atoms with van der Waals surface area (Å²) < 4.78 is 5.83. The Hall–Kier alpha value is -2.91. The van der Waals surface area contributed by atoms with E-state index in [0.29, 0.717) is 48.9 Å². The first-order valence-electron chi connectivity index (χ1n) is 10.0. The SMILES string of the molecule is COCc1nc2c(C(=O)Nc3cccc(Cl)c3C)cc(NC(=O)c3ccccc3Br)cc2[nH]1.Cl. The molecule has 3 aromatic carbocycles. The van der Waals surface area contributed by atoms with Crippen LogP contribution in [0, 0.1) is 6.92 Å². The fraction of sp³-hybridized carbons (Fsp3) is 0.125. The average Bonchev–Trinajstić information content (AvgIpc) is 3.19. The Balaban J connectivity index is 0.00000324. The van der Waals surface area contributed by atoms with Crippen LogP contribution in [-0.2, 0) is 11.3 Å². The van der Waals surface area contributed by atoms with Crippen LogP contribution >= 0.6 is 39.9 Å². The van der Waals surface area contributed by atoms with E-state index in [0.717, 1.165) is 5.56 Å². The standard InChI is InChI=1S/C24H20BrClN4O3.ClH/c1-13-18(26)8-5-9-19(13)29-24(32)16-10-14(11-20-22(16)30-21(28-20)12-33-2)27-23(31)15-6-3-4-7-17(15)25;/h3-11H,12H2,1-2H3,(H,27,31)(H,28,30)(H,29,32);1H. The fourth-order valence-electron chi connectivity index (χ4n) is 3.40. The van der Waals surface area contributed by atoms with E-state index in [4.69, 9.17) is 16.3 Å². The van der Waals surface area contributed by atoms with Crippen LogP contribution in [0.5, 0.6) is 0 Å². The van der Waals surface area contributed by atoms with Crippen LogP contribution in [0.15, 0.2) is 59.1 Å². The van der Waals surface area contributed by atoms with Crippen LogP contribution in [0.2, 0.25) is 5.02 Å². The van der Waals surface area contributed by atoms with Crippen molar-refractivity contribution in [3.8, 4) is 0 Å². The highest BCUT2D eigenvalue weighted by atomic mass is 79.9. The second kappa shape index (κ2) is 11.0. The zero-order valence-corrected chi connectivity index (χ0v) is 21.4. The maximum absolute atomic E-state index is 13.3. The predicted molar refractivity (Wildman–Crippen MR) is 140 cm³/mol. The van der Waals surface area contributed by atoms with Crippen molar-refractivity contribution >= 4 is 74.2 Å². The molecule has 0 aliphatic rings. The van der Waals surface area contributed by atoms with Crippen LogP contribution in [-0.4, -0.2) is 28.9 Å². The molecule has 0 unspecified atom stereocenters. The lowest BCUT2D eigenvalue weighted by Crippen LogP contribution is -2.16. The van der Waals surface area contributed by atoms with Crippen molar-refractivity contribution < 1.29 is 14.3 Å². The van der Waals surface area contributed by atoms with Crippen LogP contribution in [0.4, 0.5) is 11.4 Å². The van der Waals surface area contributed by atoms with Gasteiger partial charge in [0.1, 0.15) is 17.9 Å². The molecule has 3 N–H and O–H groups in total. The highest BCUT2D eigenvalue weighted by molar-refractivity contribution is 9.10. The van der Waals surface area contributed by atoms with Gasteiger partial charge in [-0.05, 0) is 64.8 Å². The maximum Gasteiger partial charge on any atom is 0.258 e. The molecule has 1 aromatic heterocycles. The zero-order valence-electron chi connectivity index (χ0n) is 18.2. The number of benzene rings is 3. The molecule has 0 spiro atoms. The molecule has 0 aliphatic heterocycles. The topological polar surface area (TPSA) is 96.1 Å². The third-order valence-electron chi connectivity index (χ3n) is 5.05. The number of aromatic amines is 1. The lowest BCUT2D eigenvalue weighted by Gasteiger charge is -2.12. The number of ether oxygens (including phenoxy) is 1. The molecular weight excluding hydrogens is 543 g/mol. The molecule has 34 heavy (non-hydrogen) atoms. The van der Waals surface area contributed by atoms with E-state index in [1.54, 1.807) is 55.6 Å². The number of carbonyl (C=O) groups is 2. The number of imidazole rings is 1. The number of halogens is 3. The van der Waals surface area contributed by atoms with Gasteiger partial charge in [0.05, 0.1) is 16.6 Å². The van der Waals surface area contributed by atoms with Gasteiger partial charge in [-0.15, -0.1) is 12.4 Å². The minimum absolute atomic E-state index is 0. The van der Waals surface area contributed by atoms with Crippen molar-refractivity contribution in [3.63, 3.8) is 0 Å². The lowest BCUT2D eigenvalue weighted by molar-refractivity contribution is 0.101. The molecule has 2 amide bonds. The first-order chi connectivity index (χ1) is 15.9. The molecule has 0 fully saturated rings. The van der Waals surface area contributed by atoms with E-state index in [9.17, 15) is 9.59 Å². The Morgan fingerprint density at radius 1 is 1.06 bits per heavy atom. The summed E-state index contributed by atoms with van der Waals surface area (Å²) in [5, 5.41) is 6.31. The summed E-state index contributed by atoms with van der Waals surface area (Å²) in [4.78, 5) is 33.7. The van der Waals surface area contributed by atoms with E-state index in [1.165, 1.54) is 0 Å². The van der Waals surface area contributed by atoms with Crippen molar-refractivity contribution in [1.29, 1.82) is 0 Å². The first kappa shape index (κ1) is 25.7. The number of nitrogens with one attached hydrogen (secondary N) is 3. The fourth-order valence-corrected chi connectivity index (χ4v) is 4.03. The van der Waals surface area contributed by atoms with Gasteiger partial charge in [0, 0.05) is 28.0 Å². The average molecular weight is 564 g/mol. The van der Waals surface area contributed by atoms with Crippen molar-refractivity contribution in [3.05, 3.63) is 86.6 Å². The summed E-state index contributed by atoms with van der Waals surface area (Å²) in [5.41, 5.74) is 3.64. The number of carbonyl (C=O) groups excluding carboxylic acids is 2. The highest BCUT2D eigenvalue weighted by Gasteiger charge is 2.19. The third kappa shape index (κ3) is 5.42. The lowest BCUT2D eigenvalue weighted by atomic mass is 10.1. The van der Waals surface area contributed by atoms with Gasteiger partial charge in [-0.2, -0.15) is 0 Å². The van der Waals surface area contributed by atoms with E-state index in [2.05, 4.69) is 36.5 Å². The summed E-state index contributed by atoms with van der Waals surface area (Å²) in [7, 11) is 1.56. The summed E-state index contributed by atoms with van der Waals surface area (Å²) in [6, 6.07) is 15.7. The van der Waals surface area contributed by atoms with Crippen molar-refractivity contribution in [2.45, 2.75) is 13.5 Å². The number of amides is 2. The molecule has 176 valence electrons. The number of hydrogen-bond donors (Lipinski definition) is 3. The molecule has 0 saturated carbocycles.